The molecule has 16 heavy (non-hydrogen) atoms. The van der Waals surface area contributed by atoms with Crippen LogP contribution < -0.4 is 5.59 Å². The van der Waals surface area contributed by atoms with E-state index in [-0.39, 0.29) is 16.9 Å². The van der Waals surface area contributed by atoms with E-state index >= 15 is 0 Å². The van der Waals surface area contributed by atoms with E-state index in [2.05, 4.69) is 9.97 Å². The number of carbonyl (C=O) groups excluding carboxylic acids is 1. The lowest BCUT2D eigenvalue weighted by Gasteiger charge is -2.01. The second-order valence-electron chi connectivity index (χ2n) is 3.12. The van der Waals surface area contributed by atoms with Gasteiger partial charge in [0.1, 0.15) is 13.5 Å². The van der Waals surface area contributed by atoms with Crippen molar-refractivity contribution in [3.8, 4) is 0 Å². The first-order valence-electron chi connectivity index (χ1n) is 4.56. The minimum absolute atomic E-state index is 0.104. The molecule has 0 aliphatic heterocycles. The minimum Gasteiger partial charge on any atom is -0.287 e. The van der Waals surface area contributed by atoms with Crippen LogP contribution in [0.1, 0.15) is 16.1 Å². The maximum atomic E-state index is 13.2. The van der Waals surface area contributed by atoms with Crippen LogP contribution in [0.3, 0.4) is 0 Å². The lowest BCUT2D eigenvalue weighted by atomic mass is 10.0. The highest BCUT2D eigenvalue weighted by Crippen LogP contribution is 2.08. The molecule has 0 fully saturated rings. The standard InChI is InChI=1S/C11H6BFN2O/c12-9-5-1-4-8(15-9)10(16)7-3-2-6-14-11(7)13/h1-6H. The number of pyridine rings is 2. The second kappa shape index (κ2) is 4.22. The topological polar surface area (TPSA) is 42.9 Å². The third kappa shape index (κ3) is 1.98. The largest absolute Gasteiger partial charge is 0.287 e. The zero-order valence-corrected chi connectivity index (χ0v) is 8.22. The Morgan fingerprint density at radius 3 is 2.75 bits per heavy atom. The van der Waals surface area contributed by atoms with Gasteiger partial charge in [0.05, 0.1) is 5.56 Å². The average molecular weight is 212 g/mol. The normalized spacial score (nSPS) is 10.1. The van der Waals surface area contributed by atoms with Gasteiger partial charge in [-0.15, -0.1) is 0 Å². The maximum absolute atomic E-state index is 13.2. The average Bonchev–Trinajstić information content (AvgIpc) is 2.29. The quantitative estimate of drug-likeness (QED) is 0.416. The molecule has 2 aromatic heterocycles. The molecule has 2 rings (SSSR count). The molecule has 0 saturated carbocycles. The fourth-order valence-electron chi connectivity index (χ4n) is 1.27. The molecule has 0 unspecified atom stereocenters. The van der Waals surface area contributed by atoms with Gasteiger partial charge in [-0.3, -0.25) is 9.78 Å². The lowest BCUT2D eigenvalue weighted by Crippen LogP contribution is -2.15. The molecule has 0 N–H and O–H groups in total. The highest BCUT2D eigenvalue weighted by Gasteiger charge is 2.15. The second-order valence-corrected chi connectivity index (χ2v) is 3.12. The molecule has 3 nitrogen and oxygen atoms in total. The van der Waals surface area contributed by atoms with E-state index in [1.165, 1.54) is 24.4 Å². The number of hydrogen-bond acceptors (Lipinski definition) is 3. The van der Waals surface area contributed by atoms with Crippen molar-refractivity contribution >= 4 is 19.2 Å². The number of hydrogen-bond donors (Lipinski definition) is 0. The van der Waals surface area contributed by atoms with Gasteiger partial charge in [-0.05, 0) is 23.8 Å². The third-order valence-corrected chi connectivity index (χ3v) is 2.01. The molecule has 0 atom stereocenters. The van der Waals surface area contributed by atoms with Crippen molar-refractivity contribution in [1.29, 1.82) is 0 Å². The van der Waals surface area contributed by atoms with Crippen LogP contribution in [0.15, 0.2) is 36.5 Å². The fourth-order valence-corrected chi connectivity index (χ4v) is 1.27. The SMILES string of the molecule is [B]c1cccc(C(=O)c2cccnc2F)n1. The van der Waals surface area contributed by atoms with Crippen LogP contribution >= 0.6 is 0 Å². The molecule has 0 aliphatic rings. The molecule has 0 aromatic carbocycles. The Balaban J connectivity index is 2.44. The predicted molar refractivity (Wildman–Crippen MR) is 57.3 cm³/mol. The van der Waals surface area contributed by atoms with Crippen molar-refractivity contribution in [3.05, 3.63) is 53.7 Å². The van der Waals surface area contributed by atoms with E-state index in [0.29, 0.717) is 0 Å². The Labute approximate surface area is 92.8 Å². The summed E-state index contributed by atoms with van der Waals surface area (Å²) in [6, 6.07) is 7.46. The summed E-state index contributed by atoms with van der Waals surface area (Å²) in [5.74, 6) is -1.34. The number of halogens is 1. The molecular formula is C11H6BFN2O. The van der Waals surface area contributed by atoms with Gasteiger partial charge in [0.15, 0.2) is 0 Å². The van der Waals surface area contributed by atoms with E-state index < -0.39 is 11.7 Å². The van der Waals surface area contributed by atoms with Crippen molar-refractivity contribution in [2.75, 3.05) is 0 Å². The molecular weight excluding hydrogens is 206 g/mol. The number of ketones is 1. The lowest BCUT2D eigenvalue weighted by molar-refractivity contribution is 0.103. The Hall–Kier alpha value is -2.04. The third-order valence-electron chi connectivity index (χ3n) is 2.01. The number of aromatic nitrogens is 2. The molecule has 0 bridgehead atoms. The van der Waals surface area contributed by atoms with Crippen LogP contribution in [-0.2, 0) is 0 Å². The first kappa shape index (κ1) is 10.5. The summed E-state index contributed by atoms with van der Waals surface area (Å²) in [4.78, 5) is 19.0. The minimum atomic E-state index is -0.809. The van der Waals surface area contributed by atoms with Gasteiger partial charge in [-0.1, -0.05) is 12.1 Å². The van der Waals surface area contributed by atoms with Crippen LogP contribution in [0.5, 0.6) is 0 Å². The first-order chi connectivity index (χ1) is 7.68. The summed E-state index contributed by atoms with van der Waals surface area (Å²) in [5.41, 5.74) is 0.211. The Morgan fingerprint density at radius 1 is 1.25 bits per heavy atom. The number of nitrogens with zero attached hydrogens (tertiary/aromatic N) is 2. The molecule has 0 amide bonds. The van der Waals surface area contributed by atoms with Gasteiger partial charge in [0, 0.05) is 6.20 Å². The summed E-state index contributed by atoms with van der Waals surface area (Å²) >= 11 is 0. The van der Waals surface area contributed by atoms with Crippen LogP contribution in [0, 0.1) is 5.95 Å². The van der Waals surface area contributed by atoms with E-state index in [4.69, 9.17) is 7.85 Å². The van der Waals surface area contributed by atoms with Crippen molar-refractivity contribution in [2.24, 2.45) is 0 Å². The summed E-state index contributed by atoms with van der Waals surface area (Å²) in [5, 5.41) is 0. The molecule has 0 saturated heterocycles. The summed E-state index contributed by atoms with van der Waals surface area (Å²) in [6.45, 7) is 0. The zero-order valence-electron chi connectivity index (χ0n) is 8.22. The van der Waals surface area contributed by atoms with Gasteiger partial charge in [-0.2, -0.15) is 4.39 Å². The summed E-state index contributed by atoms with van der Waals surface area (Å²) < 4.78 is 13.2. The summed E-state index contributed by atoms with van der Waals surface area (Å²) in [7, 11) is 5.44. The van der Waals surface area contributed by atoms with Crippen molar-refractivity contribution in [1.82, 2.24) is 9.97 Å². The first-order valence-corrected chi connectivity index (χ1v) is 4.56. The van der Waals surface area contributed by atoms with E-state index in [9.17, 15) is 9.18 Å². The highest BCUT2D eigenvalue weighted by molar-refractivity contribution is 6.30. The van der Waals surface area contributed by atoms with Gasteiger partial charge in [0.2, 0.25) is 11.7 Å². The van der Waals surface area contributed by atoms with E-state index in [1.807, 2.05) is 0 Å². The highest BCUT2D eigenvalue weighted by atomic mass is 19.1. The molecule has 2 radical (unpaired) electrons. The fraction of sp³-hybridized carbons (Fsp3) is 0. The number of carbonyl (C=O) groups is 1. The van der Waals surface area contributed by atoms with Crippen LogP contribution in [-0.4, -0.2) is 23.6 Å². The predicted octanol–water partition coefficient (Wildman–Crippen LogP) is 0.640. The Kier molecular flexibility index (Phi) is 2.77. The monoisotopic (exact) mass is 212 g/mol. The van der Waals surface area contributed by atoms with E-state index in [1.54, 1.807) is 12.1 Å². The molecule has 76 valence electrons. The van der Waals surface area contributed by atoms with Gasteiger partial charge in [0.25, 0.3) is 0 Å². The molecule has 2 aromatic rings. The molecule has 0 aliphatic carbocycles. The van der Waals surface area contributed by atoms with Crippen LogP contribution in [0.2, 0.25) is 0 Å². The Bertz CT molecular complexity index is 545. The number of rotatable bonds is 2. The molecule has 5 heteroatoms. The van der Waals surface area contributed by atoms with Gasteiger partial charge in [-0.25, -0.2) is 4.98 Å². The van der Waals surface area contributed by atoms with Crippen LogP contribution in [0.25, 0.3) is 0 Å². The zero-order chi connectivity index (χ0) is 11.5. The van der Waals surface area contributed by atoms with E-state index in [0.717, 1.165) is 0 Å². The van der Waals surface area contributed by atoms with Crippen LogP contribution in [0.4, 0.5) is 4.39 Å². The molecule has 0 spiro atoms. The molecule has 2 heterocycles. The van der Waals surface area contributed by atoms with Crippen molar-refractivity contribution in [3.63, 3.8) is 0 Å². The van der Waals surface area contributed by atoms with Gasteiger partial charge >= 0.3 is 0 Å². The van der Waals surface area contributed by atoms with Gasteiger partial charge < -0.3 is 0 Å². The van der Waals surface area contributed by atoms with Crippen molar-refractivity contribution in [2.45, 2.75) is 0 Å². The Morgan fingerprint density at radius 2 is 2.06 bits per heavy atom. The van der Waals surface area contributed by atoms with Crippen molar-refractivity contribution < 1.29 is 9.18 Å². The maximum Gasteiger partial charge on any atom is 0.224 e. The smallest absolute Gasteiger partial charge is 0.224 e. The summed E-state index contributed by atoms with van der Waals surface area (Å²) in [6.07, 6.45) is 1.28.